The first-order chi connectivity index (χ1) is 12.3. The van der Waals surface area contributed by atoms with Crippen molar-refractivity contribution < 1.29 is 18.3 Å². The molecule has 0 saturated carbocycles. The first-order valence-corrected chi connectivity index (χ1v) is 7.89. The van der Waals surface area contributed by atoms with Gasteiger partial charge in [0.1, 0.15) is 22.9 Å². The van der Waals surface area contributed by atoms with E-state index in [0.717, 1.165) is 6.20 Å². The summed E-state index contributed by atoms with van der Waals surface area (Å²) in [7, 11) is 1.29. The third-order valence-corrected chi connectivity index (χ3v) is 4.27. The van der Waals surface area contributed by atoms with Crippen molar-refractivity contribution in [3.05, 3.63) is 76.8 Å². The number of aliphatic imine (C=N–C) groups is 1. The molecule has 3 rings (SSSR count). The maximum Gasteiger partial charge on any atom is 0.338 e. The van der Waals surface area contributed by atoms with Crippen molar-refractivity contribution in [1.82, 2.24) is 10.3 Å². The van der Waals surface area contributed by atoms with E-state index in [1.807, 2.05) is 0 Å². The number of nitrogens with one attached hydrogen (secondary N) is 1. The molecule has 0 saturated heterocycles. The van der Waals surface area contributed by atoms with Crippen LogP contribution in [0.25, 0.3) is 0 Å². The van der Waals surface area contributed by atoms with Crippen LogP contribution in [0.15, 0.2) is 58.9 Å². The van der Waals surface area contributed by atoms with Crippen LogP contribution in [0.3, 0.4) is 0 Å². The number of esters is 1. The number of methoxy groups -OCH3 is 1. The maximum atomic E-state index is 13.4. The molecule has 1 N–H and O–H groups in total. The zero-order valence-corrected chi connectivity index (χ0v) is 14.5. The number of hydrogen-bond donors (Lipinski definition) is 1. The van der Waals surface area contributed by atoms with Gasteiger partial charge in [0.15, 0.2) is 5.84 Å². The standard InChI is InChI=1S/C19H17F2N3O2/c1-11-16(18(25)26-3)19(2,12-4-6-13(20)7-5-12)24-17(23-11)15-9-8-14(21)10-22-15/h4-10H,1-3H3,(H,23,24)/t19-/m0/s1. The van der Waals surface area contributed by atoms with Gasteiger partial charge in [-0.1, -0.05) is 12.1 Å². The second-order valence-electron chi connectivity index (χ2n) is 6.02. The van der Waals surface area contributed by atoms with Crippen molar-refractivity contribution >= 4 is 11.8 Å². The van der Waals surface area contributed by atoms with Gasteiger partial charge in [0.05, 0.1) is 18.9 Å². The minimum Gasteiger partial charge on any atom is -0.466 e. The van der Waals surface area contributed by atoms with Crippen molar-refractivity contribution in [2.45, 2.75) is 19.4 Å². The number of halogens is 2. The van der Waals surface area contributed by atoms with Crippen LogP contribution in [0.5, 0.6) is 0 Å². The summed E-state index contributed by atoms with van der Waals surface area (Å²) >= 11 is 0. The summed E-state index contributed by atoms with van der Waals surface area (Å²) in [5.74, 6) is -1.02. The minimum absolute atomic E-state index is 0.303. The van der Waals surface area contributed by atoms with E-state index in [2.05, 4.69) is 15.3 Å². The molecule has 134 valence electrons. The number of rotatable bonds is 3. The molecule has 0 fully saturated rings. The van der Waals surface area contributed by atoms with Gasteiger partial charge in [0.2, 0.25) is 0 Å². The van der Waals surface area contributed by atoms with Crippen molar-refractivity contribution in [2.24, 2.45) is 4.99 Å². The first-order valence-electron chi connectivity index (χ1n) is 7.89. The average Bonchev–Trinajstić information content (AvgIpc) is 2.62. The molecule has 5 nitrogen and oxygen atoms in total. The number of carbonyl (C=O) groups excluding carboxylic acids is 1. The van der Waals surface area contributed by atoms with Gasteiger partial charge < -0.3 is 10.1 Å². The van der Waals surface area contributed by atoms with Crippen LogP contribution in [0.4, 0.5) is 8.78 Å². The molecule has 26 heavy (non-hydrogen) atoms. The van der Waals surface area contributed by atoms with E-state index in [9.17, 15) is 13.6 Å². The molecule has 0 spiro atoms. The van der Waals surface area contributed by atoms with E-state index in [-0.39, 0.29) is 0 Å². The number of aromatic nitrogens is 1. The molecule has 1 aliphatic heterocycles. The lowest BCUT2D eigenvalue weighted by Crippen LogP contribution is -2.41. The minimum atomic E-state index is -1.12. The fourth-order valence-electron chi connectivity index (χ4n) is 2.99. The van der Waals surface area contributed by atoms with Crippen LogP contribution < -0.4 is 5.32 Å². The summed E-state index contributed by atoms with van der Waals surface area (Å²) in [5.41, 5.74) is 0.738. The highest BCUT2D eigenvalue weighted by Gasteiger charge is 2.41. The van der Waals surface area contributed by atoms with E-state index in [4.69, 9.17) is 4.74 Å². The number of nitrogens with zero attached hydrogens (tertiary/aromatic N) is 2. The van der Waals surface area contributed by atoms with Gasteiger partial charge in [-0.3, -0.25) is 0 Å². The number of amidine groups is 1. The van der Waals surface area contributed by atoms with E-state index in [1.54, 1.807) is 26.0 Å². The number of pyridine rings is 1. The van der Waals surface area contributed by atoms with Crippen LogP contribution in [0, 0.1) is 11.6 Å². The van der Waals surface area contributed by atoms with E-state index >= 15 is 0 Å². The van der Waals surface area contributed by atoms with Crippen molar-refractivity contribution in [3.8, 4) is 0 Å². The molecule has 1 atom stereocenters. The third-order valence-electron chi connectivity index (χ3n) is 4.27. The van der Waals surface area contributed by atoms with Gasteiger partial charge in [-0.05, 0) is 43.7 Å². The molecule has 2 aromatic rings. The lowest BCUT2D eigenvalue weighted by molar-refractivity contribution is -0.137. The van der Waals surface area contributed by atoms with Gasteiger partial charge in [-0.25, -0.2) is 23.6 Å². The van der Waals surface area contributed by atoms with Gasteiger partial charge in [0, 0.05) is 5.70 Å². The average molecular weight is 357 g/mol. The SMILES string of the molecule is COC(=O)C1=C(C)NC(c2ccc(F)cn2)=N[C@@]1(C)c1ccc(F)cc1. The van der Waals surface area contributed by atoms with Gasteiger partial charge in [-0.15, -0.1) is 0 Å². The molecule has 0 aliphatic carbocycles. The summed E-state index contributed by atoms with van der Waals surface area (Å²) in [6.07, 6.45) is 1.09. The highest BCUT2D eigenvalue weighted by Crippen LogP contribution is 2.38. The molecule has 1 aliphatic rings. The molecule has 1 aromatic carbocycles. The van der Waals surface area contributed by atoms with Gasteiger partial charge in [0.25, 0.3) is 0 Å². The predicted molar refractivity (Wildman–Crippen MR) is 92.3 cm³/mol. The zero-order chi connectivity index (χ0) is 18.9. The summed E-state index contributed by atoms with van der Waals surface area (Å²) in [5, 5.41) is 3.02. The van der Waals surface area contributed by atoms with Crippen molar-refractivity contribution in [2.75, 3.05) is 7.11 Å². The zero-order valence-electron chi connectivity index (χ0n) is 14.5. The molecular weight excluding hydrogens is 340 g/mol. The van der Waals surface area contributed by atoms with Crippen molar-refractivity contribution in [1.29, 1.82) is 0 Å². The van der Waals surface area contributed by atoms with E-state index < -0.39 is 23.1 Å². The molecule has 2 heterocycles. The lowest BCUT2D eigenvalue weighted by Gasteiger charge is -2.34. The van der Waals surface area contributed by atoms with Crippen LogP contribution in [0.1, 0.15) is 25.1 Å². The summed E-state index contributed by atoms with van der Waals surface area (Å²) in [6.45, 7) is 3.45. The van der Waals surface area contributed by atoms with Gasteiger partial charge in [-0.2, -0.15) is 0 Å². The Hall–Kier alpha value is -3.09. The second kappa shape index (κ2) is 6.67. The Morgan fingerprint density at radius 3 is 2.35 bits per heavy atom. The first kappa shape index (κ1) is 17.7. The Bertz CT molecular complexity index is 905. The second-order valence-corrected chi connectivity index (χ2v) is 6.02. The number of allylic oxidation sites excluding steroid dienone is 1. The predicted octanol–water partition coefficient (Wildman–Crippen LogP) is 3.07. The Morgan fingerprint density at radius 1 is 1.12 bits per heavy atom. The van der Waals surface area contributed by atoms with Gasteiger partial charge >= 0.3 is 5.97 Å². The molecule has 0 amide bonds. The fraction of sp³-hybridized carbons (Fsp3) is 0.211. The molecule has 7 heteroatoms. The normalized spacial score (nSPS) is 19.7. The molecule has 1 aromatic heterocycles. The van der Waals surface area contributed by atoms with E-state index in [1.165, 1.54) is 31.4 Å². The van der Waals surface area contributed by atoms with Crippen LogP contribution in [-0.2, 0) is 15.1 Å². The summed E-state index contributed by atoms with van der Waals surface area (Å²) in [6, 6.07) is 8.50. The highest BCUT2D eigenvalue weighted by molar-refractivity contribution is 6.03. The van der Waals surface area contributed by atoms with Crippen molar-refractivity contribution in [3.63, 3.8) is 0 Å². The van der Waals surface area contributed by atoms with E-state index in [0.29, 0.717) is 28.4 Å². The highest BCUT2D eigenvalue weighted by atomic mass is 19.1. The Balaban J connectivity index is 2.18. The molecule has 0 radical (unpaired) electrons. The smallest absolute Gasteiger partial charge is 0.338 e. The van der Waals surface area contributed by atoms with Crippen LogP contribution >= 0.6 is 0 Å². The summed E-state index contributed by atoms with van der Waals surface area (Å²) < 4.78 is 31.4. The molecule has 0 bridgehead atoms. The summed E-state index contributed by atoms with van der Waals surface area (Å²) in [4.78, 5) is 21.1. The fourth-order valence-corrected chi connectivity index (χ4v) is 2.99. The monoisotopic (exact) mass is 357 g/mol. The van der Waals surface area contributed by atoms with Crippen LogP contribution in [-0.4, -0.2) is 23.9 Å². The molecular formula is C19H17F2N3O2. The molecule has 0 unspecified atom stereocenters. The Labute approximate surface area is 149 Å². The van der Waals surface area contributed by atoms with Crippen LogP contribution in [0.2, 0.25) is 0 Å². The lowest BCUT2D eigenvalue weighted by atomic mass is 9.82. The number of ether oxygens (including phenoxy) is 1. The number of benzene rings is 1. The number of hydrogen-bond acceptors (Lipinski definition) is 5. The maximum absolute atomic E-state index is 13.4. The Kier molecular flexibility index (Phi) is 4.54. The Morgan fingerprint density at radius 2 is 1.77 bits per heavy atom. The number of carbonyl (C=O) groups is 1. The third kappa shape index (κ3) is 3.08. The topological polar surface area (TPSA) is 63.6 Å². The largest absolute Gasteiger partial charge is 0.466 e. The quantitative estimate of drug-likeness (QED) is 0.858.